The largest absolute Gasteiger partial charge is 0.444 e. The van der Waals surface area contributed by atoms with Crippen LogP contribution >= 0.6 is 11.6 Å². The molecule has 25 heavy (non-hydrogen) atoms. The van der Waals surface area contributed by atoms with Crippen LogP contribution in [0.1, 0.15) is 26.3 Å². The van der Waals surface area contributed by atoms with Crippen molar-refractivity contribution in [2.24, 2.45) is 0 Å². The van der Waals surface area contributed by atoms with Crippen LogP contribution in [0.5, 0.6) is 0 Å². The molecule has 3 nitrogen and oxygen atoms in total. The lowest BCUT2D eigenvalue weighted by molar-refractivity contribution is -0.137. The molecule has 1 N–H and O–H groups in total. The van der Waals surface area contributed by atoms with E-state index in [0.717, 1.165) is 6.07 Å². The summed E-state index contributed by atoms with van der Waals surface area (Å²) in [5, 5.41) is 2.20. The Labute approximate surface area is 148 Å². The van der Waals surface area contributed by atoms with Gasteiger partial charge in [-0.1, -0.05) is 35.9 Å². The summed E-state index contributed by atoms with van der Waals surface area (Å²) >= 11 is 5.78. The van der Waals surface area contributed by atoms with Crippen molar-refractivity contribution in [2.75, 3.05) is 5.32 Å². The summed E-state index contributed by atoms with van der Waals surface area (Å²) in [6, 6.07) is 10.2. The number of ether oxygens (including phenoxy) is 1. The van der Waals surface area contributed by atoms with Crippen LogP contribution in [0.2, 0.25) is 5.02 Å². The molecule has 0 saturated carbocycles. The summed E-state index contributed by atoms with van der Waals surface area (Å²) < 4.78 is 43.7. The summed E-state index contributed by atoms with van der Waals surface area (Å²) in [5.74, 6) is 0. The second-order valence-electron chi connectivity index (χ2n) is 6.36. The van der Waals surface area contributed by atoms with E-state index in [9.17, 15) is 18.0 Å². The maximum atomic E-state index is 12.8. The van der Waals surface area contributed by atoms with Crippen LogP contribution in [0.3, 0.4) is 0 Å². The van der Waals surface area contributed by atoms with Gasteiger partial charge in [-0.2, -0.15) is 13.2 Å². The predicted molar refractivity (Wildman–Crippen MR) is 91.7 cm³/mol. The van der Waals surface area contributed by atoms with E-state index < -0.39 is 28.5 Å². The molecule has 2 rings (SSSR count). The molecule has 0 spiro atoms. The SMILES string of the molecule is CC(C)(C)OC(=O)Nc1ccccc1-c1ccc(C(F)(F)F)c(Cl)c1. The molecule has 2 aromatic carbocycles. The van der Waals surface area contributed by atoms with Crippen LogP contribution in [-0.4, -0.2) is 11.7 Å². The first kappa shape index (κ1) is 19.1. The Bertz CT molecular complexity index is 783. The molecule has 1 amide bonds. The van der Waals surface area contributed by atoms with Gasteiger partial charge < -0.3 is 4.74 Å². The normalized spacial score (nSPS) is 12.0. The third-order valence-electron chi connectivity index (χ3n) is 3.15. The Kier molecular flexibility index (Phi) is 5.32. The molecule has 0 fully saturated rings. The number of halogens is 4. The van der Waals surface area contributed by atoms with E-state index in [0.29, 0.717) is 16.8 Å². The lowest BCUT2D eigenvalue weighted by atomic mass is 10.0. The van der Waals surface area contributed by atoms with E-state index in [-0.39, 0.29) is 0 Å². The van der Waals surface area contributed by atoms with Gasteiger partial charge in [-0.3, -0.25) is 5.32 Å². The third kappa shape index (κ3) is 5.13. The zero-order chi connectivity index (χ0) is 18.8. The highest BCUT2D eigenvalue weighted by Crippen LogP contribution is 2.38. The minimum atomic E-state index is -4.52. The zero-order valence-corrected chi connectivity index (χ0v) is 14.6. The van der Waals surface area contributed by atoms with Crippen molar-refractivity contribution in [3.8, 4) is 11.1 Å². The van der Waals surface area contributed by atoms with Crippen LogP contribution in [0.15, 0.2) is 42.5 Å². The van der Waals surface area contributed by atoms with Crippen molar-refractivity contribution in [2.45, 2.75) is 32.5 Å². The van der Waals surface area contributed by atoms with Gasteiger partial charge in [-0.05, 0) is 44.5 Å². The van der Waals surface area contributed by atoms with E-state index in [4.69, 9.17) is 16.3 Å². The fraction of sp³-hybridized carbons (Fsp3) is 0.278. The van der Waals surface area contributed by atoms with Gasteiger partial charge in [0.2, 0.25) is 0 Å². The molecule has 0 atom stereocenters. The highest BCUT2D eigenvalue weighted by molar-refractivity contribution is 6.31. The first-order valence-electron chi connectivity index (χ1n) is 7.43. The Hall–Kier alpha value is -2.21. The fourth-order valence-corrected chi connectivity index (χ4v) is 2.46. The summed E-state index contributed by atoms with van der Waals surface area (Å²) in [4.78, 5) is 12.0. The first-order valence-corrected chi connectivity index (χ1v) is 7.81. The molecule has 0 heterocycles. The molecule has 7 heteroatoms. The second kappa shape index (κ2) is 6.96. The van der Waals surface area contributed by atoms with Gasteiger partial charge in [0.1, 0.15) is 5.60 Å². The van der Waals surface area contributed by atoms with Gasteiger partial charge in [-0.25, -0.2) is 4.79 Å². The number of anilines is 1. The molecule has 0 saturated heterocycles. The van der Waals surface area contributed by atoms with Gasteiger partial charge in [0.25, 0.3) is 0 Å². The number of rotatable bonds is 2. The maximum absolute atomic E-state index is 12.8. The Morgan fingerprint density at radius 3 is 2.28 bits per heavy atom. The molecule has 0 bridgehead atoms. The van der Waals surface area contributed by atoms with Gasteiger partial charge in [-0.15, -0.1) is 0 Å². The van der Waals surface area contributed by atoms with Crippen molar-refractivity contribution >= 4 is 23.4 Å². The molecule has 0 unspecified atom stereocenters. The quantitative estimate of drug-likeness (QED) is 0.665. The van der Waals surface area contributed by atoms with E-state index in [1.54, 1.807) is 45.0 Å². The summed E-state index contributed by atoms with van der Waals surface area (Å²) in [6.07, 6.45) is -5.18. The number of hydrogen-bond acceptors (Lipinski definition) is 2. The predicted octanol–water partition coefficient (Wildman–Crippen LogP) is 6.37. The maximum Gasteiger partial charge on any atom is 0.417 e. The number of hydrogen-bond donors (Lipinski definition) is 1. The van der Waals surface area contributed by atoms with Crippen molar-refractivity contribution in [3.63, 3.8) is 0 Å². The van der Waals surface area contributed by atoms with Crippen molar-refractivity contribution in [3.05, 3.63) is 53.1 Å². The standard InChI is InChI=1S/C18H17ClF3NO2/c1-17(2,3)25-16(24)23-15-7-5-4-6-12(15)11-8-9-13(14(19)10-11)18(20,21)22/h4-10H,1-3H3,(H,23,24). The molecule has 134 valence electrons. The monoisotopic (exact) mass is 371 g/mol. The number of carbonyl (C=O) groups excluding carboxylic acids is 1. The van der Waals surface area contributed by atoms with Crippen LogP contribution in [0, 0.1) is 0 Å². The van der Waals surface area contributed by atoms with Gasteiger partial charge in [0.15, 0.2) is 0 Å². The number of carbonyl (C=O) groups is 1. The van der Waals surface area contributed by atoms with Gasteiger partial charge in [0.05, 0.1) is 16.3 Å². The number of benzene rings is 2. The average molecular weight is 372 g/mol. The molecular weight excluding hydrogens is 355 g/mol. The Balaban J connectivity index is 2.35. The average Bonchev–Trinajstić information content (AvgIpc) is 2.44. The molecule has 0 aliphatic rings. The van der Waals surface area contributed by atoms with E-state index in [2.05, 4.69) is 5.32 Å². The van der Waals surface area contributed by atoms with Crippen LogP contribution in [-0.2, 0) is 10.9 Å². The van der Waals surface area contributed by atoms with Crippen LogP contribution in [0.4, 0.5) is 23.7 Å². The first-order chi connectivity index (χ1) is 11.5. The zero-order valence-electron chi connectivity index (χ0n) is 13.9. The second-order valence-corrected chi connectivity index (χ2v) is 6.77. The highest BCUT2D eigenvalue weighted by Gasteiger charge is 2.33. The minimum absolute atomic E-state index is 0.405. The summed E-state index contributed by atoms with van der Waals surface area (Å²) in [5.41, 5.74) is -0.187. The van der Waals surface area contributed by atoms with E-state index in [1.807, 2.05) is 0 Å². The number of alkyl halides is 3. The van der Waals surface area contributed by atoms with Gasteiger partial charge in [0, 0.05) is 5.56 Å². The van der Waals surface area contributed by atoms with Gasteiger partial charge >= 0.3 is 12.3 Å². The number of nitrogens with one attached hydrogen (secondary N) is 1. The molecule has 0 aliphatic heterocycles. The smallest absolute Gasteiger partial charge is 0.417 e. The third-order valence-corrected chi connectivity index (χ3v) is 3.46. The molecule has 0 radical (unpaired) electrons. The minimum Gasteiger partial charge on any atom is -0.444 e. The molecular formula is C18H17ClF3NO2. The van der Waals surface area contributed by atoms with Crippen molar-refractivity contribution in [1.29, 1.82) is 0 Å². The lowest BCUT2D eigenvalue weighted by Crippen LogP contribution is -2.27. The van der Waals surface area contributed by atoms with Crippen LogP contribution in [0.25, 0.3) is 11.1 Å². The van der Waals surface area contributed by atoms with Crippen molar-refractivity contribution in [1.82, 2.24) is 0 Å². The highest BCUT2D eigenvalue weighted by atomic mass is 35.5. The molecule has 2 aromatic rings. The topological polar surface area (TPSA) is 38.3 Å². The van der Waals surface area contributed by atoms with Crippen LogP contribution < -0.4 is 5.32 Å². The molecule has 0 aromatic heterocycles. The van der Waals surface area contributed by atoms with E-state index >= 15 is 0 Å². The number of para-hydroxylation sites is 1. The Morgan fingerprint density at radius 2 is 1.72 bits per heavy atom. The Morgan fingerprint density at radius 1 is 1.08 bits per heavy atom. The lowest BCUT2D eigenvalue weighted by Gasteiger charge is -2.20. The summed E-state index contributed by atoms with van der Waals surface area (Å²) in [7, 11) is 0. The molecule has 0 aliphatic carbocycles. The fourth-order valence-electron chi connectivity index (χ4n) is 2.17. The van der Waals surface area contributed by atoms with Crippen molar-refractivity contribution < 1.29 is 22.7 Å². The van der Waals surface area contributed by atoms with E-state index in [1.165, 1.54) is 12.1 Å². The summed E-state index contributed by atoms with van der Waals surface area (Å²) in [6.45, 7) is 5.19. The number of amides is 1.